The standard InChI is InChI=1S/C14H22N2O2/c1-10(2)9-13(15)14(18)16-12-5-3-11(4-6-12)7-8-17/h3-6,10,13,17H,7-9,15H2,1-2H3,(H,16,18)/t13-/m0/s1. The molecule has 1 aromatic rings. The normalized spacial score (nSPS) is 12.5. The Balaban J connectivity index is 2.53. The number of benzene rings is 1. The van der Waals surface area contributed by atoms with E-state index in [2.05, 4.69) is 5.32 Å². The van der Waals surface area contributed by atoms with Crippen LogP contribution in [0, 0.1) is 5.92 Å². The van der Waals surface area contributed by atoms with Crippen LogP contribution in [-0.4, -0.2) is 23.7 Å². The van der Waals surface area contributed by atoms with Gasteiger partial charge in [0.05, 0.1) is 6.04 Å². The molecule has 0 fully saturated rings. The summed E-state index contributed by atoms with van der Waals surface area (Å²) in [5.41, 5.74) is 7.58. The number of aliphatic hydroxyl groups excluding tert-OH is 1. The third-order valence-electron chi connectivity index (χ3n) is 2.68. The summed E-state index contributed by atoms with van der Waals surface area (Å²) in [5, 5.41) is 11.6. The second-order valence-corrected chi connectivity index (χ2v) is 4.90. The monoisotopic (exact) mass is 250 g/mol. The predicted octanol–water partition coefficient (Wildman–Crippen LogP) is 1.53. The maximum absolute atomic E-state index is 11.8. The van der Waals surface area contributed by atoms with Crippen molar-refractivity contribution in [3.63, 3.8) is 0 Å². The van der Waals surface area contributed by atoms with E-state index in [1.165, 1.54) is 0 Å². The van der Waals surface area contributed by atoms with Gasteiger partial charge in [0.15, 0.2) is 0 Å². The van der Waals surface area contributed by atoms with E-state index in [0.717, 1.165) is 11.3 Å². The molecule has 4 nitrogen and oxygen atoms in total. The Bertz CT molecular complexity index is 374. The van der Waals surface area contributed by atoms with Gasteiger partial charge in [-0.2, -0.15) is 0 Å². The first-order chi connectivity index (χ1) is 8.52. The van der Waals surface area contributed by atoms with Gasteiger partial charge in [-0.25, -0.2) is 0 Å². The SMILES string of the molecule is CC(C)C[C@H](N)C(=O)Nc1ccc(CCO)cc1. The molecular formula is C14H22N2O2. The lowest BCUT2D eigenvalue weighted by atomic mass is 10.0. The third kappa shape index (κ3) is 4.85. The highest BCUT2D eigenvalue weighted by Gasteiger charge is 2.14. The maximum Gasteiger partial charge on any atom is 0.241 e. The summed E-state index contributed by atoms with van der Waals surface area (Å²) in [4.78, 5) is 11.8. The molecule has 0 bridgehead atoms. The molecule has 0 aliphatic carbocycles. The van der Waals surface area contributed by atoms with Crippen LogP contribution in [0.15, 0.2) is 24.3 Å². The van der Waals surface area contributed by atoms with E-state index >= 15 is 0 Å². The van der Waals surface area contributed by atoms with E-state index < -0.39 is 6.04 Å². The van der Waals surface area contributed by atoms with Crippen LogP contribution in [0.4, 0.5) is 5.69 Å². The molecule has 4 N–H and O–H groups in total. The maximum atomic E-state index is 11.8. The number of amides is 1. The Morgan fingerprint density at radius 1 is 1.33 bits per heavy atom. The Morgan fingerprint density at radius 2 is 1.94 bits per heavy atom. The minimum Gasteiger partial charge on any atom is -0.396 e. The zero-order valence-corrected chi connectivity index (χ0v) is 11.0. The van der Waals surface area contributed by atoms with Crippen LogP contribution in [0.25, 0.3) is 0 Å². The van der Waals surface area contributed by atoms with E-state index in [4.69, 9.17) is 10.8 Å². The van der Waals surface area contributed by atoms with Gasteiger partial charge < -0.3 is 16.2 Å². The molecule has 0 saturated heterocycles. The lowest BCUT2D eigenvalue weighted by Gasteiger charge is -2.14. The molecule has 1 rings (SSSR count). The number of hydrogen-bond donors (Lipinski definition) is 3. The Morgan fingerprint density at radius 3 is 2.44 bits per heavy atom. The number of carbonyl (C=O) groups excluding carboxylic acids is 1. The third-order valence-corrected chi connectivity index (χ3v) is 2.68. The summed E-state index contributed by atoms with van der Waals surface area (Å²) < 4.78 is 0. The molecule has 0 spiro atoms. The van der Waals surface area contributed by atoms with E-state index in [9.17, 15) is 4.79 Å². The van der Waals surface area contributed by atoms with Gasteiger partial charge in [0.1, 0.15) is 0 Å². The fourth-order valence-electron chi connectivity index (χ4n) is 1.73. The van der Waals surface area contributed by atoms with Crippen molar-refractivity contribution in [2.24, 2.45) is 11.7 Å². The molecule has 0 saturated carbocycles. The second-order valence-electron chi connectivity index (χ2n) is 4.90. The van der Waals surface area contributed by atoms with Crippen molar-refractivity contribution >= 4 is 11.6 Å². The number of anilines is 1. The highest BCUT2D eigenvalue weighted by Crippen LogP contribution is 2.11. The van der Waals surface area contributed by atoms with Crippen molar-refractivity contribution in [2.75, 3.05) is 11.9 Å². The smallest absolute Gasteiger partial charge is 0.241 e. The van der Waals surface area contributed by atoms with Crippen molar-refractivity contribution in [1.82, 2.24) is 0 Å². The second kappa shape index (κ2) is 7.13. The molecule has 1 aromatic carbocycles. The van der Waals surface area contributed by atoms with Crippen LogP contribution in [0.2, 0.25) is 0 Å². The molecule has 100 valence electrons. The fraction of sp³-hybridized carbons (Fsp3) is 0.500. The molecule has 1 amide bonds. The summed E-state index contributed by atoms with van der Waals surface area (Å²) in [7, 11) is 0. The van der Waals surface area contributed by atoms with Gasteiger partial charge in [-0.1, -0.05) is 26.0 Å². The topological polar surface area (TPSA) is 75.4 Å². The first-order valence-corrected chi connectivity index (χ1v) is 6.29. The minimum atomic E-state index is -0.470. The van der Waals surface area contributed by atoms with Crippen molar-refractivity contribution in [3.05, 3.63) is 29.8 Å². The van der Waals surface area contributed by atoms with Crippen LogP contribution < -0.4 is 11.1 Å². The Kier molecular flexibility index (Phi) is 5.82. The molecule has 0 radical (unpaired) electrons. The van der Waals surface area contributed by atoms with Gasteiger partial charge in [0, 0.05) is 12.3 Å². The fourth-order valence-corrected chi connectivity index (χ4v) is 1.73. The number of nitrogens with two attached hydrogens (primary N) is 1. The first kappa shape index (κ1) is 14.7. The van der Waals surface area contributed by atoms with Gasteiger partial charge in [0.2, 0.25) is 5.91 Å². The number of nitrogens with one attached hydrogen (secondary N) is 1. The van der Waals surface area contributed by atoms with Gasteiger partial charge in [0.25, 0.3) is 0 Å². The van der Waals surface area contributed by atoms with Gasteiger partial charge in [-0.3, -0.25) is 4.79 Å². The lowest BCUT2D eigenvalue weighted by Crippen LogP contribution is -2.36. The summed E-state index contributed by atoms with van der Waals surface area (Å²) in [5.74, 6) is 0.247. The van der Waals surface area contributed by atoms with E-state index in [-0.39, 0.29) is 12.5 Å². The van der Waals surface area contributed by atoms with E-state index in [1.54, 1.807) is 0 Å². The van der Waals surface area contributed by atoms with Crippen LogP contribution in [0.3, 0.4) is 0 Å². The zero-order valence-electron chi connectivity index (χ0n) is 11.0. The van der Waals surface area contributed by atoms with Crippen molar-refractivity contribution in [2.45, 2.75) is 32.7 Å². The number of rotatable bonds is 6. The molecule has 1 atom stereocenters. The summed E-state index contributed by atoms with van der Waals surface area (Å²) in [6, 6.07) is 6.96. The van der Waals surface area contributed by atoms with Crippen LogP contribution in [0.5, 0.6) is 0 Å². The predicted molar refractivity (Wildman–Crippen MR) is 73.3 cm³/mol. The number of aliphatic hydroxyl groups is 1. The first-order valence-electron chi connectivity index (χ1n) is 6.29. The van der Waals surface area contributed by atoms with E-state index in [1.807, 2.05) is 38.1 Å². The van der Waals surface area contributed by atoms with Crippen LogP contribution >= 0.6 is 0 Å². The van der Waals surface area contributed by atoms with Gasteiger partial charge in [-0.05, 0) is 36.5 Å². The molecule has 0 aliphatic heterocycles. The van der Waals surface area contributed by atoms with Crippen molar-refractivity contribution in [3.8, 4) is 0 Å². The summed E-state index contributed by atoms with van der Waals surface area (Å²) in [6.07, 6.45) is 1.30. The molecule has 0 unspecified atom stereocenters. The quantitative estimate of drug-likeness (QED) is 0.716. The van der Waals surface area contributed by atoms with Crippen molar-refractivity contribution < 1.29 is 9.90 Å². The average Bonchev–Trinajstić information content (AvgIpc) is 2.31. The van der Waals surface area contributed by atoms with Crippen LogP contribution in [-0.2, 0) is 11.2 Å². The average molecular weight is 250 g/mol. The molecule has 0 aliphatic rings. The molecule has 0 aromatic heterocycles. The van der Waals surface area contributed by atoms with Gasteiger partial charge in [-0.15, -0.1) is 0 Å². The highest BCUT2D eigenvalue weighted by atomic mass is 16.2. The highest BCUT2D eigenvalue weighted by molar-refractivity contribution is 5.94. The number of carbonyl (C=O) groups is 1. The molecule has 0 heterocycles. The Hall–Kier alpha value is -1.39. The zero-order chi connectivity index (χ0) is 13.5. The summed E-state index contributed by atoms with van der Waals surface area (Å²) >= 11 is 0. The largest absolute Gasteiger partial charge is 0.396 e. The molecular weight excluding hydrogens is 228 g/mol. The Labute approximate surface area is 108 Å². The van der Waals surface area contributed by atoms with E-state index in [0.29, 0.717) is 18.8 Å². The molecule has 4 heteroatoms. The minimum absolute atomic E-state index is 0.130. The van der Waals surface area contributed by atoms with Crippen LogP contribution in [0.1, 0.15) is 25.8 Å². The number of hydrogen-bond acceptors (Lipinski definition) is 3. The van der Waals surface area contributed by atoms with Crippen molar-refractivity contribution in [1.29, 1.82) is 0 Å². The lowest BCUT2D eigenvalue weighted by molar-refractivity contribution is -0.117. The van der Waals surface area contributed by atoms with Gasteiger partial charge >= 0.3 is 0 Å². The molecule has 18 heavy (non-hydrogen) atoms. The summed E-state index contributed by atoms with van der Waals surface area (Å²) in [6.45, 7) is 4.21.